The third kappa shape index (κ3) is 3.11. The number of carbonyl (C=O) groups is 1. The van der Waals surface area contributed by atoms with E-state index in [9.17, 15) is 4.79 Å². The lowest BCUT2D eigenvalue weighted by molar-refractivity contribution is 0.0690. The summed E-state index contributed by atoms with van der Waals surface area (Å²) in [6.07, 6.45) is 8.45. The molecule has 4 nitrogen and oxygen atoms in total. The smallest absolute Gasteiger partial charge is 0.272 e. The van der Waals surface area contributed by atoms with Gasteiger partial charge in [-0.2, -0.15) is 0 Å². The molecule has 0 unspecified atom stereocenters. The van der Waals surface area contributed by atoms with Crippen molar-refractivity contribution in [3.63, 3.8) is 0 Å². The average molecular weight is 273 g/mol. The number of anilines is 1. The van der Waals surface area contributed by atoms with E-state index in [4.69, 9.17) is 0 Å². The van der Waals surface area contributed by atoms with Gasteiger partial charge >= 0.3 is 0 Å². The van der Waals surface area contributed by atoms with Gasteiger partial charge in [-0.25, -0.2) is 4.98 Å². The molecule has 0 bridgehead atoms. The van der Waals surface area contributed by atoms with Crippen LogP contribution in [0.4, 0.5) is 5.82 Å². The third-order valence-electron chi connectivity index (χ3n) is 4.34. The predicted octanol–water partition coefficient (Wildman–Crippen LogP) is 3.06. The first-order valence-corrected chi connectivity index (χ1v) is 7.75. The van der Waals surface area contributed by atoms with Gasteiger partial charge < -0.3 is 10.2 Å². The van der Waals surface area contributed by atoms with Gasteiger partial charge in [-0.05, 0) is 37.8 Å². The van der Waals surface area contributed by atoms with E-state index in [1.807, 2.05) is 30.1 Å². The Labute approximate surface area is 120 Å². The minimum absolute atomic E-state index is 0.0522. The van der Waals surface area contributed by atoms with Crippen molar-refractivity contribution >= 4 is 11.7 Å². The molecular formula is C16H23N3O. The quantitative estimate of drug-likeness (QED) is 0.917. The maximum Gasteiger partial charge on any atom is 0.272 e. The number of nitrogens with one attached hydrogen (secondary N) is 1. The maximum atomic E-state index is 12.5. The molecule has 1 heterocycles. The largest absolute Gasteiger partial charge is 0.367 e. The number of aromatic nitrogens is 1. The van der Waals surface area contributed by atoms with Crippen LogP contribution in [0.1, 0.15) is 55.4 Å². The van der Waals surface area contributed by atoms with Crippen molar-refractivity contribution < 1.29 is 4.79 Å². The first kappa shape index (κ1) is 13.4. The van der Waals surface area contributed by atoms with Gasteiger partial charge in [0.25, 0.3) is 5.91 Å². The van der Waals surface area contributed by atoms with Crippen LogP contribution in [-0.2, 0) is 0 Å². The Morgan fingerprint density at radius 2 is 1.95 bits per heavy atom. The number of amides is 1. The van der Waals surface area contributed by atoms with E-state index in [-0.39, 0.29) is 5.91 Å². The van der Waals surface area contributed by atoms with Crippen molar-refractivity contribution in [2.45, 2.75) is 57.0 Å². The fourth-order valence-electron chi connectivity index (χ4n) is 2.89. The molecular weight excluding hydrogens is 250 g/mol. The molecule has 0 radical (unpaired) electrons. The summed E-state index contributed by atoms with van der Waals surface area (Å²) >= 11 is 0. The van der Waals surface area contributed by atoms with Crippen molar-refractivity contribution in [3.05, 3.63) is 23.9 Å². The Bertz CT molecular complexity index is 478. The topological polar surface area (TPSA) is 45.2 Å². The van der Waals surface area contributed by atoms with Gasteiger partial charge in [0.15, 0.2) is 0 Å². The van der Waals surface area contributed by atoms with Gasteiger partial charge in [0.1, 0.15) is 11.5 Å². The number of pyridine rings is 1. The van der Waals surface area contributed by atoms with Crippen LogP contribution in [0.15, 0.2) is 18.2 Å². The molecule has 2 aliphatic rings. The summed E-state index contributed by atoms with van der Waals surface area (Å²) in [4.78, 5) is 18.9. The number of hydrogen-bond acceptors (Lipinski definition) is 3. The molecule has 20 heavy (non-hydrogen) atoms. The Morgan fingerprint density at radius 3 is 2.65 bits per heavy atom. The third-order valence-corrected chi connectivity index (χ3v) is 4.34. The maximum absolute atomic E-state index is 12.5. The molecule has 1 aromatic rings. The normalized spacial score (nSPS) is 19.6. The van der Waals surface area contributed by atoms with Gasteiger partial charge in [0.05, 0.1) is 0 Å². The number of carbonyl (C=O) groups excluding carboxylic acids is 1. The van der Waals surface area contributed by atoms with Crippen LogP contribution in [-0.4, -0.2) is 34.9 Å². The molecule has 3 rings (SSSR count). The zero-order valence-electron chi connectivity index (χ0n) is 12.1. The van der Waals surface area contributed by atoms with Crippen LogP contribution in [0, 0.1) is 0 Å². The second-order valence-electron chi connectivity index (χ2n) is 6.03. The lowest BCUT2D eigenvalue weighted by Gasteiger charge is -2.31. The second kappa shape index (κ2) is 5.81. The molecule has 4 heteroatoms. The Morgan fingerprint density at radius 1 is 1.20 bits per heavy atom. The van der Waals surface area contributed by atoms with E-state index < -0.39 is 0 Å². The van der Waals surface area contributed by atoms with Gasteiger partial charge in [-0.1, -0.05) is 25.3 Å². The summed E-state index contributed by atoms with van der Waals surface area (Å²) in [5, 5.41) is 3.35. The highest BCUT2D eigenvalue weighted by atomic mass is 16.2. The Balaban J connectivity index is 1.68. The summed E-state index contributed by atoms with van der Waals surface area (Å²) in [5.74, 6) is 0.881. The predicted molar refractivity (Wildman–Crippen MR) is 79.8 cm³/mol. The van der Waals surface area contributed by atoms with Crippen LogP contribution >= 0.6 is 0 Å². The molecule has 1 aromatic heterocycles. The standard InChI is InChI=1S/C16H23N3O/c1-19(13-6-3-2-4-7-13)16(20)14-8-5-9-15(18-14)17-12-10-11-12/h5,8-9,12-13H,2-4,6-7,10-11H2,1H3,(H,17,18). The summed E-state index contributed by atoms with van der Waals surface area (Å²) in [6.45, 7) is 0. The van der Waals surface area contributed by atoms with E-state index in [0.29, 0.717) is 17.8 Å². The van der Waals surface area contributed by atoms with Gasteiger partial charge in [0, 0.05) is 19.1 Å². The lowest BCUT2D eigenvalue weighted by atomic mass is 9.94. The summed E-state index contributed by atoms with van der Waals surface area (Å²) in [7, 11) is 1.92. The average Bonchev–Trinajstić information content (AvgIpc) is 3.31. The second-order valence-corrected chi connectivity index (χ2v) is 6.03. The van der Waals surface area contributed by atoms with Crippen molar-refractivity contribution in [2.24, 2.45) is 0 Å². The summed E-state index contributed by atoms with van der Waals surface area (Å²) in [6, 6.07) is 6.62. The highest BCUT2D eigenvalue weighted by Gasteiger charge is 2.25. The van der Waals surface area contributed by atoms with Crippen LogP contribution in [0.3, 0.4) is 0 Å². The molecule has 0 aromatic carbocycles. The zero-order chi connectivity index (χ0) is 13.9. The van der Waals surface area contributed by atoms with Gasteiger partial charge in [-0.3, -0.25) is 4.79 Å². The van der Waals surface area contributed by atoms with Crippen molar-refractivity contribution in [1.82, 2.24) is 9.88 Å². The number of hydrogen-bond donors (Lipinski definition) is 1. The highest BCUT2D eigenvalue weighted by molar-refractivity contribution is 5.92. The number of rotatable bonds is 4. The lowest BCUT2D eigenvalue weighted by Crippen LogP contribution is -2.38. The van der Waals surface area contributed by atoms with E-state index in [1.54, 1.807) is 0 Å². The number of nitrogens with zero attached hydrogens (tertiary/aromatic N) is 2. The highest BCUT2D eigenvalue weighted by Crippen LogP contribution is 2.25. The van der Waals surface area contributed by atoms with Crippen molar-refractivity contribution in [1.29, 1.82) is 0 Å². The molecule has 1 amide bonds. The molecule has 108 valence electrons. The van der Waals surface area contributed by atoms with E-state index in [0.717, 1.165) is 18.7 Å². The molecule has 0 aliphatic heterocycles. The molecule has 0 saturated heterocycles. The first-order valence-electron chi connectivity index (χ1n) is 7.75. The fourth-order valence-corrected chi connectivity index (χ4v) is 2.89. The fraction of sp³-hybridized carbons (Fsp3) is 0.625. The molecule has 2 saturated carbocycles. The zero-order valence-corrected chi connectivity index (χ0v) is 12.1. The minimum Gasteiger partial charge on any atom is -0.367 e. The summed E-state index contributed by atoms with van der Waals surface area (Å²) < 4.78 is 0. The van der Waals surface area contributed by atoms with Crippen molar-refractivity contribution in [3.8, 4) is 0 Å². The monoisotopic (exact) mass is 273 g/mol. The molecule has 1 N–H and O–H groups in total. The molecule has 0 atom stereocenters. The van der Waals surface area contributed by atoms with Gasteiger partial charge in [0.2, 0.25) is 0 Å². The SMILES string of the molecule is CN(C(=O)c1cccc(NC2CC2)n1)C1CCCCC1. The van der Waals surface area contributed by atoms with Crippen molar-refractivity contribution in [2.75, 3.05) is 12.4 Å². The minimum atomic E-state index is 0.0522. The summed E-state index contributed by atoms with van der Waals surface area (Å²) in [5.41, 5.74) is 0.559. The van der Waals surface area contributed by atoms with Gasteiger partial charge in [-0.15, -0.1) is 0 Å². The van der Waals surface area contributed by atoms with E-state index in [2.05, 4.69) is 10.3 Å². The first-order chi connectivity index (χ1) is 9.74. The van der Waals surface area contributed by atoms with E-state index >= 15 is 0 Å². The Hall–Kier alpha value is -1.58. The van der Waals surface area contributed by atoms with Crippen LogP contribution in [0.5, 0.6) is 0 Å². The van der Waals surface area contributed by atoms with Crippen LogP contribution in [0.25, 0.3) is 0 Å². The molecule has 0 spiro atoms. The van der Waals surface area contributed by atoms with Crippen LogP contribution < -0.4 is 5.32 Å². The van der Waals surface area contributed by atoms with E-state index in [1.165, 1.54) is 32.1 Å². The van der Waals surface area contributed by atoms with Crippen LogP contribution in [0.2, 0.25) is 0 Å². The molecule has 2 fully saturated rings. The molecule has 2 aliphatic carbocycles. The Kier molecular flexibility index (Phi) is 3.90.